The van der Waals surface area contributed by atoms with E-state index in [1.54, 1.807) is 8.70 Å². The SMILES string of the molecule is Cc1sc2c(-c3ccccc3)c(C)[se]c2c1C. The number of aryl methyl sites for hydroxylation is 3. The van der Waals surface area contributed by atoms with Gasteiger partial charge in [0.25, 0.3) is 0 Å². The van der Waals surface area contributed by atoms with Crippen LogP contribution in [0, 0.1) is 20.8 Å². The third-order valence-corrected chi connectivity index (χ3v) is 7.31. The van der Waals surface area contributed by atoms with E-state index in [1.807, 2.05) is 11.3 Å². The Labute approximate surface area is 112 Å². The number of hydrogen-bond donors (Lipinski definition) is 0. The Hall–Kier alpha value is -0.821. The summed E-state index contributed by atoms with van der Waals surface area (Å²) in [6, 6.07) is 10.8. The molecule has 2 heteroatoms. The normalized spacial score (nSPS) is 11.2. The second-order valence-electron chi connectivity index (χ2n) is 4.34. The minimum atomic E-state index is 0.537. The van der Waals surface area contributed by atoms with Crippen LogP contribution in [0.1, 0.15) is 14.9 Å². The predicted octanol–water partition coefficient (Wildman–Crippen LogP) is 4.55. The first-order chi connectivity index (χ1) is 8.18. The van der Waals surface area contributed by atoms with E-state index in [0.717, 1.165) is 0 Å². The summed E-state index contributed by atoms with van der Waals surface area (Å²) in [4.78, 5) is 1.48. The van der Waals surface area contributed by atoms with Crippen molar-refractivity contribution in [2.24, 2.45) is 0 Å². The fourth-order valence-corrected chi connectivity index (χ4v) is 6.52. The molecule has 0 radical (unpaired) electrons. The van der Waals surface area contributed by atoms with Gasteiger partial charge in [-0.3, -0.25) is 0 Å². The Kier molecular flexibility index (Phi) is 2.74. The maximum absolute atomic E-state index is 2.30. The molecule has 0 aliphatic heterocycles. The summed E-state index contributed by atoms with van der Waals surface area (Å²) >= 11 is 2.50. The van der Waals surface area contributed by atoms with Crippen molar-refractivity contribution in [3.63, 3.8) is 0 Å². The zero-order valence-corrected chi connectivity index (χ0v) is 12.7. The van der Waals surface area contributed by atoms with Gasteiger partial charge in [0.2, 0.25) is 0 Å². The van der Waals surface area contributed by atoms with Crippen LogP contribution in [0.5, 0.6) is 0 Å². The molecular weight excluding hydrogens is 291 g/mol. The van der Waals surface area contributed by atoms with Gasteiger partial charge >= 0.3 is 112 Å². The van der Waals surface area contributed by atoms with Gasteiger partial charge in [-0.15, -0.1) is 0 Å². The molecule has 0 atom stereocenters. The van der Waals surface area contributed by atoms with Gasteiger partial charge in [0.05, 0.1) is 0 Å². The van der Waals surface area contributed by atoms with Crippen LogP contribution in [-0.2, 0) is 0 Å². The van der Waals surface area contributed by atoms with E-state index in [2.05, 4.69) is 51.1 Å². The molecule has 3 aromatic rings. The molecule has 2 aromatic heterocycles. The van der Waals surface area contributed by atoms with Crippen molar-refractivity contribution in [2.75, 3.05) is 0 Å². The summed E-state index contributed by atoms with van der Waals surface area (Å²) in [5, 5.41) is 0. The summed E-state index contributed by atoms with van der Waals surface area (Å²) in [5.74, 6) is 0. The van der Waals surface area contributed by atoms with Gasteiger partial charge in [-0.1, -0.05) is 0 Å². The molecule has 2 heterocycles. The first kappa shape index (κ1) is 11.3. The van der Waals surface area contributed by atoms with Crippen LogP contribution >= 0.6 is 11.3 Å². The molecule has 0 aliphatic rings. The maximum atomic E-state index is 2.30. The van der Waals surface area contributed by atoms with Gasteiger partial charge in [-0.25, -0.2) is 0 Å². The molecule has 86 valence electrons. The van der Waals surface area contributed by atoms with E-state index in [4.69, 9.17) is 0 Å². The van der Waals surface area contributed by atoms with Crippen molar-refractivity contribution < 1.29 is 0 Å². The van der Waals surface area contributed by atoms with Gasteiger partial charge in [-0.2, -0.15) is 0 Å². The topological polar surface area (TPSA) is 0 Å². The molecule has 1 aromatic carbocycles. The number of benzene rings is 1. The molecule has 3 rings (SSSR count). The van der Waals surface area contributed by atoms with Crippen LogP contribution in [-0.4, -0.2) is 14.5 Å². The van der Waals surface area contributed by atoms with Crippen molar-refractivity contribution >= 4 is 34.8 Å². The second-order valence-corrected chi connectivity index (χ2v) is 8.14. The summed E-state index contributed by atoms with van der Waals surface area (Å²) in [6.07, 6.45) is 0. The molecule has 0 unspecified atom stereocenters. The van der Waals surface area contributed by atoms with E-state index in [-0.39, 0.29) is 0 Å². The van der Waals surface area contributed by atoms with Crippen molar-refractivity contribution in [3.05, 3.63) is 45.2 Å². The van der Waals surface area contributed by atoms with Gasteiger partial charge < -0.3 is 0 Å². The molecule has 0 amide bonds. The van der Waals surface area contributed by atoms with E-state index in [0.29, 0.717) is 14.5 Å². The molecule has 0 nitrogen and oxygen atoms in total. The first-order valence-corrected chi connectivity index (χ1v) is 8.26. The van der Waals surface area contributed by atoms with Crippen molar-refractivity contribution in [2.45, 2.75) is 20.8 Å². The molecule has 0 saturated heterocycles. The molecule has 0 aliphatic carbocycles. The molecule has 0 N–H and O–H groups in total. The average molecular weight is 305 g/mol. The Balaban J connectivity index is 2.36. The Morgan fingerprint density at radius 2 is 1.71 bits per heavy atom. The first-order valence-electron chi connectivity index (χ1n) is 5.73. The Morgan fingerprint density at radius 3 is 2.41 bits per heavy atom. The Morgan fingerprint density at radius 1 is 1.00 bits per heavy atom. The third kappa shape index (κ3) is 1.72. The third-order valence-electron chi connectivity index (χ3n) is 3.23. The second kappa shape index (κ2) is 4.13. The average Bonchev–Trinajstić information content (AvgIpc) is 2.78. The quantitative estimate of drug-likeness (QED) is 0.579. The summed E-state index contributed by atoms with van der Waals surface area (Å²) in [6.45, 7) is 6.81. The van der Waals surface area contributed by atoms with Gasteiger partial charge in [0.1, 0.15) is 0 Å². The van der Waals surface area contributed by atoms with Crippen molar-refractivity contribution in [1.29, 1.82) is 0 Å². The summed E-state index contributed by atoms with van der Waals surface area (Å²) in [5.41, 5.74) is 4.41. The summed E-state index contributed by atoms with van der Waals surface area (Å²) < 4.78 is 4.73. The van der Waals surface area contributed by atoms with Crippen LogP contribution in [0.3, 0.4) is 0 Å². The molecule has 0 bridgehead atoms. The monoisotopic (exact) mass is 306 g/mol. The van der Waals surface area contributed by atoms with Gasteiger partial charge in [0.15, 0.2) is 0 Å². The number of fused-ring (bicyclic) bond motifs is 1. The van der Waals surface area contributed by atoms with Crippen LogP contribution in [0.4, 0.5) is 0 Å². The zero-order chi connectivity index (χ0) is 12.0. The van der Waals surface area contributed by atoms with Crippen molar-refractivity contribution in [3.8, 4) is 11.1 Å². The number of thiophene rings is 1. The number of hydrogen-bond acceptors (Lipinski definition) is 1. The number of rotatable bonds is 1. The fourth-order valence-electron chi connectivity index (χ4n) is 2.20. The van der Waals surface area contributed by atoms with Gasteiger partial charge in [0, 0.05) is 0 Å². The van der Waals surface area contributed by atoms with Crippen LogP contribution in [0.25, 0.3) is 20.1 Å². The van der Waals surface area contributed by atoms with Crippen LogP contribution < -0.4 is 0 Å². The van der Waals surface area contributed by atoms with Crippen LogP contribution in [0.15, 0.2) is 30.3 Å². The molecule has 0 fully saturated rings. The van der Waals surface area contributed by atoms with E-state index in [1.165, 1.54) is 26.3 Å². The molecule has 0 spiro atoms. The fraction of sp³-hybridized carbons (Fsp3) is 0.200. The van der Waals surface area contributed by atoms with E-state index in [9.17, 15) is 0 Å². The van der Waals surface area contributed by atoms with E-state index < -0.39 is 0 Å². The molecule has 0 saturated carbocycles. The molecule has 17 heavy (non-hydrogen) atoms. The van der Waals surface area contributed by atoms with Crippen molar-refractivity contribution in [1.82, 2.24) is 0 Å². The van der Waals surface area contributed by atoms with E-state index >= 15 is 0 Å². The minimum absolute atomic E-state index is 0.537. The standard InChI is InChI=1S/C15H14SSe/c1-9-10(2)16-14-13(11(3)17-15(9)14)12-7-5-4-6-8-12/h4-8H,1-3H3. The Bertz CT molecular complexity index is 674. The van der Waals surface area contributed by atoms with Crippen LogP contribution in [0.2, 0.25) is 0 Å². The molecular formula is C15H14SSe. The predicted molar refractivity (Wildman–Crippen MR) is 78.4 cm³/mol. The van der Waals surface area contributed by atoms with Gasteiger partial charge in [-0.05, 0) is 0 Å². The zero-order valence-electron chi connectivity index (χ0n) is 10.2. The summed E-state index contributed by atoms with van der Waals surface area (Å²) in [7, 11) is 0.